The number of hydrogen-bond acceptors (Lipinski definition) is 2. The third-order valence-corrected chi connectivity index (χ3v) is 3.08. The molecule has 0 saturated carbocycles. The van der Waals surface area contributed by atoms with Crippen LogP contribution in [0.1, 0.15) is 17.5 Å². The normalized spacial score (nSPS) is 10.6. The van der Waals surface area contributed by atoms with Gasteiger partial charge < -0.3 is 10.2 Å². The molecular weight excluding hydrogens is 224 g/mol. The van der Waals surface area contributed by atoms with E-state index in [0.717, 1.165) is 29.5 Å². The van der Waals surface area contributed by atoms with Crippen molar-refractivity contribution in [2.45, 2.75) is 19.4 Å². The first kappa shape index (κ1) is 12.8. The Balaban J connectivity index is 2.23. The first-order valence-corrected chi connectivity index (χ1v) is 6.24. The van der Waals surface area contributed by atoms with Crippen molar-refractivity contribution in [1.29, 1.82) is 0 Å². The highest BCUT2D eigenvalue weighted by molar-refractivity contribution is 5.67. The highest BCUT2D eigenvalue weighted by Gasteiger charge is 2.03. The fourth-order valence-electron chi connectivity index (χ4n) is 2.07. The van der Waals surface area contributed by atoms with Crippen LogP contribution in [0.4, 0.5) is 0 Å². The predicted octanol–water partition coefficient (Wildman–Crippen LogP) is 2.77. The summed E-state index contributed by atoms with van der Waals surface area (Å²) < 4.78 is 0. The van der Waals surface area contributed by atoms with E-state index in [0.29, 0.717) is 0 Å². The molecule has 0 saturated heterocycles. The average Bonchev–Trinajstić information content (AvgIpc) is 2.45. The molecule has 2 rings (SSSR count). The van der Waals surface area contributed by atoms with E-state index in [2.05, 4.69) is 24.3 Å². The molecule has 0 bridgehead atoms. The molecule has 2 N–H and O–H groups in total. The van der Waals surface area contributed by atoms with Crippen molar-refractivity contribution in [3.05, 3.63) is 59.7 Å². The van der Waals surface area contributed by atoms with Crippen LogP contribution in [0.3, 0.4) is 0 Å². The van der Waals surface area contributed by atoms with Crippen molar-refractivity contribution in [3.8, 4) is 11.1 Å². The molecule has 2 heteroatoms. The SMILES string of the molecule is OCCCc1ccc(-c2ccccc2CO)cc1. The summed E-state index contributed by atoms with van der Waals surface area (Å²) in [6.45, 7) is 0.289. The molecule has 0 aliphatic rings. The molecule has 0 aliphatic carbocycles. The van der Waals surface area contributed by atoms with Crippen LogP contribution in [0.15, 0.2) is 48.5 Å². The fraction of sp³-hybridized carbons (Fsp3) is 0.250. The van der Waals surface area contributed by atoms with Crippen LogP contribution < -0.4 is 0 Å². The van der Waals surface area contributed by atoms with Gasteiger partial charge in [-0.05, 0) is 35.1 Å². The molecule has 0 heterocycles. The van der Waals surface area contributed by atoms with Crippen molar-refractivity contribution in [3.63, 3.8) is 0 Å². The maximum atomic E-state index is 9.32. The van der Waals surface area contributed by atoms with Crippen molar-refractivity contribution in [2.24, 2.45) is 0 Å². The minimum Gasteiger partial charge on any atom is -0.396 e. The number of benzene rings is 2. The van der Waals surface area contributed by atoms with Crippen LogP contribution >= 0.6 is 0 Å². The van der Waals surface area contributed by atoms with Crippen LogP contribution in [-0.4, -0.2) is 16.8 Å². The maximum absolute atomic E-state index is 9.32. The molecule has 0 atom stereocenters. The Kier molecular flexibility index (Phi) is 4.51. The smallest absolute Gasteiger partial charge is 0.0687 e. The molecule has 0 fully saturated rings. The van der Waals surface area contributed by atoms with E-state index in [-0.39, 0.29) is 13.2 Å². The van der Waals surface area contributed by atoms with Gasteiger partial charge in [0, 0.05) is 6.61 Å². The monoisotopic (exact) mass is 242 g/mol. The summed E-state index contributed by atoms with van der Waals surface area (Å²) in [6, 6.07) is 16.2. The van der Waals surface area contributed by atoms with Gasteiger partial charge in [-0.15, -0.1) is 0 Å². The lowest BCUT2D eigenvalue weighted by molar-refractivity contribution is 0.282. The van der Waals surface area contributed by atoms with E-state index in [9.17, 15) is 5.11 Å². The summed E-state index contributed by atoms with van der Waals surface area (Å²) in [6.07, 6.45) is 1.70. The van der Waals surface area contributed by atoms with Gasteiger partial charge in [0.2, 0.25) is 0 Å². The first-order valence-electron chi connectivity index (χ1n) is 6.24. The summed E-state index contributed by atoms with van der Waals surface area (Å²) in [5.74, 6) is 0. The molecule has 2 nitrogen and oxygen atoms in total. The van der Waals surface area contributed by atoms with Gasteiger partial charge >= 0.3 is 0 Å². The molecule has 0 spiro atoms. The van der Waals surface area contributed by atoms with Gasteiger partial charge in [0.15, 0.2) is 0 Å². The average molecular weight is 242 g/mol. The molecule has 0 aliphatic heterocycles. The van der Waals surface area contributed by atoms with E-state index < -0.39 is 0 Å². The number of aliphatic hydroxyl groups is 2. The third kappa shape index (κ3) is 2.97. The van der Waals surface area contributed by atoms with E-state index in [4.69, 9.17) is 5.11 Å². The van der Waals surface area contributed by atoms with Crippen molar-refractivity contribution < 1.29 is 10.2 Å². The van der Waals surface area contributed by atoms with Gasteiger partial charge in [0.1, 0.15) is 0 Å². The lowest BCUT2D eigenvalue weighted by Gasteiger charge is -2.08. The molecule has 0 unspecified atom stereocenters. The van der Waals surface area contributed by atoms with Crippen molar-refractivity contribution in [2.75, 3.05) is 6.61 Å². The second kappa shape index (κ2) is 6.34. The molecule has 0 aromatic heterocycles. The number of rotatable bonds is 5. The Labute approximate surface area is 108 Å². The van der Waals surface area contributed by atoms with Crippen LogP contribution in [0.25, 0.3) is 11.1 Å². The Morgan fingerprint density at radius 3 is 2.22 bits per heavy atom. The summed E-state index contributed by atoms with van der Waals surface area (Å²) in [7, 11) is 0. The number of hydrogen-bond donors (Lipinski definition) is 2. The summed E-state index contributed by atoms with van der Waals surface area (Å²) in [5.41, 5.74) is 4.37. The molecule has 18 heavy (non-hydrogen) atoms. The van der Waals surface area contributed by atoms with Gasteiger partial charge in [-0.2, -0.15) is 0 Å². The lowest BCUT2D eigenvalue weighted by Crippen LogP contribution is -1.91. The Morgan fingerprint density at radius 1 is 0.833 bits per heavy atom. The molecule has 0 amide bonds. The summed E-state index contributed by atoms with van der Waals surface area (Å²) >= 11 is 0. The van der Waals surface area contributed by atoms with Crippen LogP contribution in [0.2, 0.25) is 0 Å². The molecule has 2 aromatic carbocycles. The highest BCUT2D eigenvalue weighted by Crippen LogP contribution is 2.24. The van der Waals surface area contributed by atoms with Gasteiger partial charge in [0.25, 0.3) is 0 Å². The van der Waals surface area contributed by atoms with E-state index in [1.807, 2.05) is 24.3 Å². The first-order chi connectivity index (χ1) is 8.85. The highest BCUT2D eigenvalue weighted by atomic mass is 16.3. The summed E-state index contributed by atoms with van der Waals surface area (Å²) in [4.78, 5) is 0. The zero-order valence-corrected chi connectivity index (χ0v) is 10.3. The minimum atomic E-state index is 0.0580. The maximum Gasteiger partial charge on any atom is 0.0687 e. The van der Waals surface area contributed by atoms with Gasteiger partial charge in [-0.3, -0.25) is 0 Å². The largest absolute Gasteiger partial charge is 0.396 e. The van der Waals surface area contributed by atoms with E-state index in [1.165, 1.54) is 5.56 Å². The van der Waals surface area contributed by atoms with Crippen molar-refractivity contribution in [1.82, 2.24) is 0 Å². The van der Waals surface area contributed by atoms with Gasteiger partial charge in [-0.1, -0.05) is 48.5 Å². The molecule has 0 radical (unpaired) electrons. The minimum absolute atomic E-state index is 0.0580. The van der Waals surface area contributed by atoms with E-state index in [1.54, 1.807) is 0 Å². The fourth-order valence-corrected chi connectivity index (χ4v) is 2.07. The Morgan fingerprint density at radius 2 is 1.56 bits per heavy atom. The Hall–Kier alpha value is -1.64. The van der Waals surface area contributed by atoms with Gasteiger partial charge in [-0.25, -0.2) is 0 Å². The Bertz CT molecular complexity index is 489. The zero-order valence-electron chi connectivity index (χ0n) is 10.3. The number of aliphatic hydroxyl groups excluding tert-OH is 2. The quantitative estimate of drug-likeness (QED) is 0.846. The zero-order chi connectivity index (χ0) is 12.8. The predicted molar refractivity (Wildman–Crippen MR) is 73.2 cm³/mol. The lowest BCUT2D eigenvalue weighted by atomic mass is 9.98. The third-order valence-electron chi connectivity index (χ3n) is 3.08. The van der Waals surface area contributed by atoms with Gasteiger partial charge in [0.05, 0.1) is 6.61 Å². The molecule has 2 aromatic rings. The van der Waals surface area contributed by atoms with Crippen LogP contribution in [0, 0.1) is 0 Å². The second-order valence-electron chi connectivity index (χ2n) is 4.34. The second-order valence-corrected chi connectivity index (χ2v) is 4.34. The standard InChI is InChI=1S/C16H18O2/c17-11-3-4-13-7-9-14(10-8-13)16-6-2-1-5-15(16)12-18/h1-2,5-10,17-18H,3-4,11-12H2. The molecular formula is C16H18O2. The van der Waals surface area contributed by atoms with Crippen LogP contribution in [0.5, 0.6) is 0 Å². The molecule has 94 valence electrons. The van der Waals surface area contributed by atoms with Crippen molar-refractivity contribution >= 4 is 0 Å². The summed E-state index contributed by atoms with van der Waals surface area (Å²) in [5, 5.41) is 18.1. The topological polar surface area (TPSA) is 40.5 Å². The number of aryl methyl sites for hydroxylation is 1. The van der Waals surface area contributed by atoms with E-state index >= 15 is 0 Å². The van der Waals surface area contributed by atoms with Crippen LogP contribution in [-0.2, 0) is 13.0 Å².